The van der Waals surface area contributed by atoms with Crippen LogP contribution >= 0.6 is 0 Å². The van der Waals surface area contributed by atoms with Crippen LogP contribution < -0.4 is 0 Å². The van der Waals surface area contributed by atoms with Crippen molar-refractivity contribution in [1.29, 1.82) is 0 Å². The van der Waals surface area contributed by atoms with Crippen LogP contribution in [-0.2, 0) is 0 Å². The molecule has 0 N–H and O–H groups in total. The third-order valence-corrected chi connectivity index (χ3v) is 12.0. The van der Waals surface area contributed by atoms with Crippen LogP contribution in [0.4, 0.5) is 0 Å². The zero-order chi connectivity index (χ0) is 37.5. The van der Waals surface area contributed by atoms with Crippen LogP contribution in [0.1, 0.15) is 0 Å². The fraction of sp³-hybridized carbons (Fsp3) is 0. The molecule has 0 aliphatic carbocycles. The van der Waals surface area contributed by atoms with E-state index in [0.717, 1.165) is 21.9 Å². The fourth-order valence-electron chi connectivity index (χ4n) is 9.36. The van der Waals surface area contributed by atoms with Gasteiger partial charge in [-0.2, -0.15) is 0 Å². The maximum absolute atomic E-state index is 6.49. The lowest BCUT2D eigenvalue weighted by Gasteiger charge is -2.18. The molecule has 0 aliphatic heterocycles. The Morgan fingerprint density at radius 1 is 0.228 bits per heavy atom. The predicted molar refractivity (Wildman–Crippen MR) is 243 cm³/mol. The Bertz CT molecular complexity index is 3520. The molecule has 0 spiro atoms. The zero-order valence-corrected chi connectivity index (χ0v) is 31.0. The molecule has 0 saturated carbocycles. The first-order chi connectivity index (χ1) is 28.2. The summed E-state index contributed by atoms with van der Waals surface area (Å²) in [6, 6.07) is 75.4. The molecule has 0 amide bonds. The van der Waals surface area contributed by atoms with Gasteiger partial charge in [0.2, 0.25) is 0 Å². The Morgan fingerprint density at radius 2 is 0.649 bits per heavy atom. The van der Waals surface area contributed by atoms with Crippen molar-refractivity contribution in [3.63, 3.8) is 0 Å². The molecule has 1 heteroatoms. The number of rotatable bonds is 4. The summed E-state index contributed by atoms with van der Waals surface area (Å²) >= 11 is 0. The smallest absolute Gasteiger partial charge is 0.135 e. The molecule has 57 heavy (non-hydrogen) atoms. The van der Waals surface area contributed by atoms with Crippen LogP contribution in [-0.4, -0.2) is 0 Å². The largest absolute Gasteiger partial charge is 0.456 e. The van der Waals surface area contributed by atoms with Crippen molar-refractivity contribution in [2.45, 2.75) is 0 Å². The van der Waals surface area contributed by atoms with Crippen LogP contribution in [0.3, 0.4) is 0 Å². The Hall–Kier alpha value is -7.48. The standard InChI is InChI=1S/C56H34O/c1-3-16-43-35(11-1)13-10-22-45(43)40-14-9-15-41(31-40)55-46-18-5-7-20-48(46)56(49-21-8-6-19-47(49)55)42-28-30-54-52(34-42)51-33-39(27-29-53(51)57-54)38-26-25-37-24-23-36-12-2-4-17-44(36)50(37)32-38/h1-34H. The summed E-state index contributed by atoms with van der Waals surface area (Å²) in [5, 5.41) is 14.8. The molecule has 1 aromatic heterocycles. The van der Waals surface area contributed by atoms with Gasteiger partial charge in [0.15, 0.2) is 0 Å². The van der Waals surface area contributed by atoms with Crippen molar-refractivity contribution in [1.82, 2.24) is 0 Å². The van der Waals surface area contributed by atoms with Gasteiger partial charge in [-0.3, -0.25) is 0 Å². The third kappa shape index (κ3) is 5.03. The summed E-state index contributed by atoms with van der Waals surface area (Å²) in [4.78, 5) is 0. The van der Waals surface area contributed by atoms with Crippen LogP contribution in [0.15, 0.2) is 211 Å². The van der Waals surface area contributed by atoms with Crippen molar-refractivity contribution >= 4 is 75.8 Å². The third-order valence-electron chi connectivity index (χ3n) is 12.0. The average Bonchev–Trinajstić information content (AvgIpc) is 3.65. The van der Waals surface area contributed by atoms with E-state index >= 15 is 0 Å². The van der Waals surface area contributed by atoms with Crippen LogP contribution in [0.25, 0.3) is 120 Å². The first-order valence-electron chi connectivity index (χ1n) is 19.7. The van der Waals surface area contributed by atoms with Gasteiger partial charge < -0.3 is 4.42 Å². The molecule has 12 rings (SSSR count). The molecule has 0 atom stereocenters. The SMILES string of the molecule is c1cc(-c2cccc3ccccc23)cc(-c2c3ccccc3c(-c3ccc4oc5ccc(-c6ccc7ccc8ccccc8c7c6)cc5c4c3)c3ccccc23)c1. The van der Waals surface area contributed by atoms with Gasteiger partial charge in [-0.05, 0) is 135 Å². The second-order valence-corrected chi connectivity index (χ2v) is 15.2. The highest BCUT2D eigenvalue weighted by Gasteiger charge is 2.19. The maximum atomic E-state index is 6.49. The lowest BCUT2D eigenvalue weighted by Crippen LogP contribution is -1.91. The first kappa shape index (κ1) is 31.8. The highest BCUT2D eigenvalue weighted by Crippen LogP contribution is 2.46. The molecule has 1 nitrogen and oxygen atoms in total. The normalized spacial score (nSPS) is 11.9. The summed E-state index contributed by atoms with van der Waals surface area (Å²) in [6.07, 6.45) is 0. The lowest BCUT2D eigenvalue weighted by molar-refractivity contribution is 0.669. The zero-order valence-electron chi connectivity index (χ0n) is 31.0. The van der Waals surface area contributed by atoms with E-state index in [-0.39, 0.29) is 0 Å². The molecule has 0 unspecified atom stereocenters. The minimum atomic E-state index is 0.894. The summed E-state index contributed by atoms with van der Waals surface area (Å²) in [7, 11) is 0. The van der Waals surface area contributed by atoms with Crippen molar-refractivity contribution in [3.05, 3.63) is 206 Å². The second-order valence-electron chi connectivity index (χ2n) is 15.2. The van der Waals surface area contributed by atoms with E-state index < -0.39 is 0 Å². The van der Waals surface area contributed by atoms with Crippen molar-refractivity contribution < 1.29 is 4.42 Å². The Labute approximate surface area is 329 Å². The van der Waals surface area contributed by atoms with Gasteiger partial charge in [0.05, 0.1) is 0 Å². The number of furan rings is 1. The van der Waals surface area contributed by atoms with Crippen molar-refractivity contribution in [2.24, 2.45) is 0 Å². The monoisotopic (exact) mass is 722 g/mol. The molecule has 12 aromatic rings. The molecule has 11 aromatic carbocycles. The number of fused-ring (bicyclic) bond motifs is 9. The molecule has 0 radical (unpaired) electrons. The molecule has 0 fully saturated rings. The summed E-state index contributed by atoms with van der Waals surface area (Å²) in [5.41, 5.74) is 11.5. The second kappa shape index (κ2) is 12.5. The van der Waals surface area contributed by atoms with E-state index in [1.54, 1.807) is 0 Å². The van der Waals surface area contributed by atoms with E-state index in [1.807, 2.05) is 0 Å². The highest BCUT2D eigenvalue weighted by atomic mass is 16.3. The van der Waals surface area contributed by atoms with E-state index in [1.165, 1.54) is 98.4 Å². The number of hydrogen-bond acceptors (Lipinski definition) is 1. The topological polar surface area (TPSA) is 13.1 Å². The Morgan fingerprint density at radius 3 is 1.32 bits per heavy atom. The van der Waals surface area contributed by atoms with Gasteiger partial charge in [0.1, 0.15) is 11.2 Å². The molecule has 1 heterocycles. The number of benzene rings is 11. The van der Waals surface area contributed by atoms with Gasteiger partial charge >= 0.3 is 0 Å². The minimum absolute atomic E-state index is 0.894. The molecule has 0 bridgehead atoms. The Kier molecular flexibility index (Phi) is 7.00. The summed E-state index contributed by atoms with van der Waals surface area (Å²) < 4.78 is 6.49. The van der Waals surface area contributed by atoms with Gasteiger partial charge in [-0.1, -0.05) is 170 Å². The van der Waals surface area contributed by atoms with Gasteiger partial charge in [0, 0.05) is 10.8 Å². The van der Waals surface area contributed by atoms with Crippen molar-refractivity contribution in [2.75, 3.05) is 0 Å². The number of hydrogen-bond donors (Lipinski definition) is 0. The summed E-state index contributed by atoms with van der Waals surface area (Å²) in [6.45, 7) is 0. The lowest BCUT2D eigenvalue weighted by atomic mass is 9.85. The predicted octanol–water partition coefficient (Wildman–Crippen LogP) is 16.0. The van der Waals surface area contributed by atoms with E-state index in [0.29, 0.717) is 0 Å². The van der Waals surface area contributed by atoms with Crippen LogP contribution in [0, 0.1) is 0 Å². The van der Waals surface area contributed by atoms with E-state index in [4.69, 9.17) is 4.42 Å². The van der Waals surface area contributed by atoms with E-state index in [2.05, 4.69) is 206 Å². The van der Waals surface area contributed by atoms with Crippen LogP contribution in [0.5, 0.6) is 0 Å². The van der Waals surface area contributed by atoms with Crippen molar-refractivity contribution in [3.8, 4) is 44.5 Å². The highest BCUT2D eigenvalue weighted by molar-refractivity contribution is 6.22. The maximum Gasteiger partial charge on any atom is 0.135 e. The quantitative estimate of drug-likeness (QED) is 0.130. The average molecular weight is 723 g/mol. The minimum Gasteiger partial charge on any atom is -0.456 e. The molecule has 0 saturated heterocycles. The van der Waals surface area contributed by atoms with E-state index in [9.17, 15) is 0 Å². The van der Waals surface area contributed by atoms with Gasteiger partial charge in [-0.25, -0.2) is 0 Å². The molecular formula is C56H34O. The fourth-order valence-corrected chi connectivity index (χ4v) is 9.36. The molecule has 0 aliphatic rings. The van der Waals surface area contributed by atoms with Crippen LogP contribution in [0.2, 0.25) is 0 Å². The molecular weight excluding hydrogens is 689 g/mol. The summed E-state index contributed by atoms with van der Waals surface area (Å²) in [5.74, 6) is 0. The Balaban J connectivity index is 1.04. The molecule has 264 valence electrons. The van der Waals surface area contributed by atoms with Gasteiger partial charge in [-0.15, -0.1) is 0 Å². The first-order valence-corrected chi connectivity index (χ1v) is 19.7. The van der Waals surface area contributed by atoms with Gasteiger partial charge in [0.25, 0.3) is 0 Å².